The summed E-state index contributed by atoms with van der Waals surface area (Å²) in [4.78, 5) is 6.79. The van der Waals surface area contributed by atoms with Crippen molar-refractivity contribution in [2.45, 2.75) is 38.5 Å². The number of anilines is 1. The Labute approximate surface area is 103 Å². The van der Waals surface area contributed by atoms with E-state index in [9.17, 15) is 0 Å². The van der Waals surface area contributed by atoms with Gasteiger partial charge in [0.2, 0.25) is 0 Å². The van der Waals surface area contributed by atoms with E-state index < -0.39 is 0 Å². The van der Waals surface area contributed by atoms with Crippen LogP contribution in [0.15, 0.2) is 12.3 Å². The van der Waals surface area contributed by atoms with Crippen LogP contribution in [-0.2, 0) is 5.88 Å². The van der Waals surface area contributed by atoms with Gasteiger partial charge >= 0.3 is 0 Å². The van der Waals surface area contributed by atoms with Gasteiger partial charge < -0.3 is 4.90 Å². The van der Waals surface area contributed by atoms with Crippen LogP contribution >= 0.6 is 11.6 Å². The summed E-state index contributed by atoms with van der Waals surface area (Å²) in [5.74, 6) is 0.555. The Hall–Kier alpha value is -0.760. The first kappa shape index (κ1) is 11.7. The highest BCUT2D eigenvalue weighted by Crippen LogP contribution is 2.25. The summed E-state index contributed by atoms with van der Waals surface area (Å²) in [7, 11) is 0. The Morgan fingerprint density at radius 2 is 1.94 bits per heavy atom. The van der Waals surface area contributed by atoms with Crippen molar-refractivity contribution in [1.82, 2.24) is 4.98 Å². The first-order chi connectivity index (χ1) is 7.81. The molecule has 2 nitrogen and oxygen atoms in total. The number of hydrogen-bond acceptors (Lipinski definition) is 2. The van der Waals surface area contributed by atoms with E-state index in [1.54, 1.807) is 0 Å². The van der Waals surface area contributed by atoms with Crippen molar-refractivity contribution >= 4 is 17.3 Å². The fraction of sp³-hybridized carbons (Fsp3) is 0.615. The van der Waals surface area contributed by atoms with Gasteiger partial charge in [0, 0.05) is 36.2 Å². The molecule has 0 N–H and O–H groups in total. The number of pyridine rings is 1. The maximum absolute atomic E-state index is 5.98. The number of aromatic nitrogens is 1. The van der Waals surface area contributed by atoms with Crippen LogP contribution in [0, 0.1) is 6.92 Å². The predicted molar refractivity (Wildman–Crippen MR) is 69.2 cm³/mol. The zero-order valence-corrected chi connectivity index (χ0v) is 10.6. The van der Waals surface area contributed by atoms with Gasteiger partial charge in [-0.15, -0.1) is 11.6 Å². The fourth-order valence-corrected chi connectivity index (χ4v) is 2.49. The molecule has 1 aromatic heterocycles. The van der Waals surface area contributed by atoms with Crippen LogP contribution in [-0.4, -0.2) is 18.1 Å². The van der Waals surface area contributed by atoms with Gasteiger partial charge in [-0.1, -0.05) is 12.8 Å². The molecule has 0 amide bonds. The topological polar surface area (TPSA) is 16.1 Å². The van der Waals surface area contributed by atoms with Crippen molar-refractivity contribution < 1.29 is 0 Å². The number of aryl methyl sites for hydroxylation is 1. The van der Waals surface area contributed by atoms with Gasteiger partial charge in [-0.05, 0) is 25.8 Å². The summed E-state index contributed by atoms with van der Waals surface area (Å²) in [6, 6.07) is 2.17. The van der Waals surface area contributed by atoms with Crippen molar-refractivity contribution in [2.75, 3.05) is 18.0 Å². The molecule has 3 heteroatoms. The van der Waals surface area contributed by atoms with Crippen molar-refractivity contribution in [3.05, 3.63) is 23.5 Å². The lowest BCUT2D eigenvalue weighted by Gasteiger charge is -2.25. The first-order valence-corrected chi connectivity index (χ1v) is 6.61. The van der Waals surface area contributed by atoms with E-state index in [0.717, 1.165) is 24.3 Å². The molecule has 0 bridgehead atoms. The average molecular weight is 239 g/mol. The lowest BCUT2D eigenvalue weighted by atomic mass is 10.2. The highest BCUT2D eigenvalue weighted by atomic mass is 35.5. The molecule has 1 aromatic rings. The Morgan fingerprint density at radius 1 is 1.25 bits per heavy atom. The van der Waals surface area contributed by atoms with Crippen LogP contribution in [0.25, 0.3) is 0 Å². The zero-order chi connectivity index (χ0) is 11.4. The van der Waals surface area contributed by atoms with Crippen LogP contribution in [0.1, 0.15) is 36.9 Å². The van der Waals surface area contributed by atoms with Gasteiger partial charge in [0.25, 0.3) is 0 Å². The average Bonchev–Trinajstić information content (AvgIpc) is 2.57. The normalized spacial score (nSPS) is 17.2. The highest BCUT2D eigenvalue weighted by Gasteiger charge is 2.13. The fourth-order valence-electron chi connectivity index (χ4n) is 2.28. The second-order valence-corrected chi connectivity index (χ2v) is 4.76. The number of rotatable bonds is 2. The van der Waals surface area contributed by atoms with E-state index in [1.807, 2.05) is 13.1 Å². The van der Waals surface area contributed by atoms with Crippen LogP contribution in [0.3, 0.4) is 0 Å². The molecule has 0 aliphatic carbocycles. The monoisotopic (exact) mass is 238 g/mol. The molecule has 2 rings (SSSR count). The molecule has 0 atom stereocenters. The van der Waals surface area contributed by atoms with Crippen molar-refractivity contribution in [2.24, 2.45) is 0 Å². The standard InChI is InChI=1S/C13H19ClN2/c1-11-8-13(12(9-14)10-15-11)16-6-4-2-3-5-7-16/h8,10H,2-7,9H2,1H3. The second kappa shape index (κ2) is 5.53. The maximum atomic E-state index is 5.98. The third-order valence-corrected chi connectivity index (χ3v) is 3.48. The van der Waals surface area contributed by atoms with E-state index >= 15 is 0 Å². The third kappa shape index (κ3) is 2.67. The molecule has 1 aliphatic heterocycles. The zero-order valence-electron chi connectivity index (χ0n) is 9.88. The van der Waals surface area contributed by atoms with Crippen LogP contribution in [0.2, 0.25) is 0 Å². The smallest absolute Gasteiger partial charge is 0.0509 e. The van der Waals surface area contributed by atoms with Gasteiger partial charge in [-0.25, -0.2) is 0 Å². The number of halogens is 1. The Kier molecular flexibility index (Phi) is 4.05. The van der Waals surface area contributed by atoms with Crippen LogP contribution < -0.4 is 4.90 Å². The molecular weight excluding hydrogens is 220 g/mol. The predicted octanol–water partition coefficient (Wildman–Crippen LogP) is 3.51. The maximum Gasteiger partial charge on any atom is 0.0509 e. The summed E-state index contributed by atoms with van der Waals surface area (Å²) in [6.07, 6.45) is 7.22. The van der Waals surface area contributed by atoms with Gasteiger partial charge in [0.05, 0.1) is 5.88 Å². The molecule has 0 spiro atoms. The highest BCUT2D eigenvalue weighted by molar-refractivity contribution is 6.17. The van der Waals surface area contributed by atoms with Gasteiger partial charge in [-0.2, -0.15) is 0 Å². The minimum Gasteiger partial charge on any atom is -0.371 e. The van der Waals surface area contributed by atoms with E-state index in [4.69, 9.17) is 11.6 Å². The van der Waals surface area contributed by atoms with E-state index in [-0.39, 0.29) is 0 Å². The molecule has 0 unspecified atom stereocenters. The second-order valence-electron chi connectivity index (χ2n) is 4.49. The van der Waals surface area contributed by atoms with Crippen LogP contribution in [0.5, 0.6) is 0 Å². The van der Waals surface area contributed by atoms with E-state index in [1.165, 1.54) is 31.4 Å². The van der Waals surface area contributed by atoms with Crippen molar-refractivity contribution in [3.63, 3.8) is 0 Å². The molecule has 16 heavy (non-hydrogen) atoms. The van der Waals surface area contributed by atoms with Crippen molar-refractivity contribution in [3.8, 4) is 0 Å². The molecule has 0 aromatic carbocycles. The summed E-state index contributed by atoms with van der Waals surface area (Å²) >= 11 is 5.98. The van der Waals surface area contributed by atoms with E-state index in [2.05, 4.69) is 16.0 Å². The summed E-state index contributed by atoms with van der Waals surface area (Å²) < 4.78 is 0. The Morgan fingerprint density at radius 3 is 2.56 bits per heavy atom. The number of nitrogens with zero attached hydrogens (tertiary/aromatic N) is 2. The quantitative estimate of drug-likeness (QED) is 0.733. The van der Waals surface area contributed by atoms with Crippen LogP contribution in [0.4, 0.5) is 5.69 Å². The van der Waals surface area contributed by atoms with Gasteiger partial charge in [0.15, 0.2) is 0 Å². The summed E-state index contributed by atoms with van der Waals surface area (Å²) in [6.45, 7) is 4.36. The largest absolute Gasteiger partial charge is 0.371 e. The lowest BCUT2D eigenvalue weighted by Crippen LogP contribution is -2.25. The molecule has 1 saturated heterocycles. The van der Waals surface area contributed by atoms with Gasteiger partial charge in [0.1, 0.15) is 0 Å². The lowest BCUT2D eigenvalue weighted by molar-refractivity contribution is 0.726. The Bertz CT molecular complexity index is 344. The molecule has 0 radical (unpaired) electrons. The molecule has 1 aliphatic rings. The summed E-state index contributed by atoms with van der Waals surface area (Å²) in [5.41, 5.74) is 3.53. The SMILES string of the molecule is Cc1cc(N2CCCCCC2)c(CCl)cn1. The summed E-state index contributed by atoms with van der Waals surface area (Å²) in [5, 5.41) is 0. The number of alkyl halides is 1. The Balaban J connectivity index is 2.25. The third-order valence-electron chi connectivity index (χ3n) is 3.19. The molecule has 1 fully saturated rings. The molecular formula is C13H19ClN2. The van der Waals surface area contributed by atoms with Crippen molar-refractivity contribution in [1.29, 1.82) is 0 Å². The van der Waals surface area contributed by atoms with Gasteiger partial charge in [-0.3, -0.25) is 4.98 Å². The molecule has 2 heterocycles. The minimum absolute atomic E-state index is 0.555. The first-order valence-electron chi connectivity index (χ1n) is 6.07. The van der Waals surface area contributed by atoms with E-state index in [0.29, 0.717) is 5.88 Å². The number of hydrogen-bond donors (Lipinski definition) is 0. The molecule has 0 saturated carbocycles. The minimum atomic E-state index is 0.555. The molecule has 88 valence electrons.